The van der Waals surface area contributed by atoms with Crippen LogP contribution in [0.3, 0.4) is 0 Å². The molecule has 0 fully saturated rings. The first-order chi connectivity index (χ1) is 9.56. The van der Waals surface area contributed by atoms with Crippen molar-refractivity contribution < 1.29 is 4.43 Å². The van der Waals surface area contributed by atoms with E-state index in [1.54, 1.807) is 0 Å². The lowest BCUT2D eigenvalue weighted by molar-refractivity contribution is 0.491. The van der Waals surface area contributed by atoms with E-state index in [1.165, 1.54) is 23.1 Å². The van der Waals surface area contributed by atoms with E-state index in [2.05, 4.69) is 78.9 Å². The van der Waals surface area contributed by atoms with Crippen molar-refractivity contribution in [1.29, 1.82) is 0 Å². The van der Waals surface area contributed by atoms with Gasteiger partial charge in [0.2, 0.25) is 0 Å². The number of allylic oxidation sites excluding steroid dienone is 1. The zero-order valence-corrected chi connectivity index (χ0v) is 16.1. The standard InChI is InChI=1S/C19H32OSi/c1-9-10-15(2)13-17-14-16(3)11-12-18(17)20-21(7,8)19(4,5)6/h11-14H,9-10H2,1-8H3. The highest BCUT2D eigenvalue weighted by Crippen LogP contribution is 2.38. The number of hydrogen-bond acceptors (Lipinski definition) is 1. The van der Waals surface area contributed by atoms with E-state index >= 15 is 0 Å². The van der Waals surface area contributed by atoms with E-state index in [-0.39, 0.29) is 5.04 Å². The molecule has 0 heterocycles. The quantitative estimate of drug-likeness (QED) is 0.558. The van der Waals surface area contributed by atoms with Crippen LogP contribution in [0.5, 0.6) is 5.75 Å². The zero-order valence-electron chi connectivity index (χ0n) is 15.1. The fourth-order valence-corrected chi connectivity index (χ4v) is 3.08. The van der Waals surface area contributed by atoms with Gasteiger partial charge in [-0.1, -0.05) is 57.4 Å². The van der Waals surface area contributed by atoms with Crippen LogP contribution in [0.4, 0.5) is 0 Å². The fraction of sp³-hybridized carbons (Fsp3) is 0.579. The third-order valence-electron chi connectivity index (χ3n) is 4.38. The molecule has 0 unspecified atom stereocenters. The van der Waals surface area contributed by atoms with Gasteiger partial charge in [-0.25, -0.2) is 0 Å². The van der Waals surface area contributed by atoms with Crippen molar-refractivity contribution >= 4 is 14.4 Å². The Morgan fingerprint density at radius 2 is 1.86 bits per heavy atom. The molecule has 1 aromatic rings. The summed E-state index contributed by atoms with van der Waals surface area (Å²) >= 11 is 0. The van der Waals surface area contributed by atoms with Gasteiger partial charge >= 0.3 is 0 Å². The normalized spacial score (nSPS) is 13.4. The van der Waals surface area contributed by atoms with E-state index < -0.39 is 8.32 Å². The smallest absolute Gasteiger partial charge is 0.250 e. The molecular formula is C19H32OSi. The molecule has 0 N–H and O–H groups in total. The second-order valence-electron chi connectivity index (χ2n) is 7.64. The highest BCUT2D eigenvalue weighted by Gasteiger charge is 2.39. The van der Waals surface area contributed by atoms with Crippen molar-refractivity contribution in [2.75, 3.05) is 0 Å². The van der Waals surface area contributed by atoms with Crippen LogP contribution in [0.15, 0.2) is 23.8 Å². The molecule has 0 spiro atoms. The minimum Gasteiger partial charge on any atom is -0.543 e. The second-order valence-corrected chi connectivity index (χ2v) is 12.4. The molecule has 0 saturated carbocycles. The summed E-state index contributed by atoms with van der Waals surface area (Å²) in [5, 5.41) is 0.220. The Balaban J connectivity index is 3.17. The molecule has 1 nitrogen and oxygen atoms in total. The van der Waals surface area contributed by atoms with Crippen molar-refractivity contribution in [1.82, 2.24) is 0 Å². The van der Waals surface area contributed by atoms with Crippen LogP contribution in [-0.4, -0.2) is 8.32 Å². The van der Waals surface area contributed by atoms with Crippen LogP contribution in [0.25, 0.3) is 6.08 Å². The lowest BCUT2D eigenvalue weighted by Gasteiger charge is -2.37. The molecule has 0 aromatic heterocycles. The number of benzene rings is 1. The van der Waals surface area contributed by atoms with Gasteiger partial charge in [0.1, 0.15) is 5.75 Å². The minimum atomic E-state index is -1.79. The summed E-state index contributed by atoms with van der Waals surface area (Å²) in [6.07, 6.45) is 4.62. The van der Waals surface area contributed by atoms with Gasteiger partial charge < -0.3 is 4.43 Å². The first-order valence-corrected chi connectivity index (χ1v) is 10.9. The predicted octanol–water partition coefficient (Wildman–Crippen LogP) is 6.58. The van der Waals surface area contributed by atoms with E-state index in [0.717, 1.165) is 12.2 Å². The predicted molar refractivity (Wildman–Crippen MR) is 97.6 cm³/mol. The summed E-state index contributed by atoms with van der Waals surface area (Å²) in [5.41, 5.74) is 3.93. The van der Waals surface area contributed by atoms with Gasteiger partial charge in [0, 0.05) is 5.56 Å². The van der Waals surface area contributed by atoms with Crippen molar-refractivity contribution in [3.63, 3.8) is 0 Å². The average Bonchev–Trinajstić information content (AvgIpc) is 2.31. The van der Waals surface area contributed by atoms with Crippen LogP contribution in [0.1, 0.15) is 58.6 Å². The largest absolute Gasteiger partial charge is 0.543 e. The van der Waals surface area contributed by atoms with Gasteiger partial charge in [0.25, 0.3) is 8.32 Å². The Morgan fingerprint density at radius 3 is 2.38 bits per heavy atom. The van der Waals surface area contributed by atoms with Crippen LogP contribution < -0.4 is 4.43 Å². The lowest BCUT2D eigenvalue weighted by Crippen LogP contribution is -2.44. The SMILES string of the molecule is CCCC(C)=Cc1cc(C)ccc1O[Si](C)(C)C(C)(C)C. The molecule has 0 atom stereocenters. The Hall–Kier alpha value is -1.02. The molecular weight excluding hydrogens is 272 g/mol. The molecule has 0 radical (unpaired) electrons. The van der Waals surface area contributed by atoms with Crippen LogP contribution in [0, 0.1) is 6.92 Å². The molecule has 0 aliphatic heterocycles. The summed E-state index contributed by atoms with van der Waals surface area (Å²) in [4.78, 5) is 0. The Kier molecular flexibility index (Phi) is 5.86. The summed E-state index contributed by atoms with van der Waals surface area (Å²) in [6, 6.07) is 6.53. The molecule has 1 aromatic carbocycles. The maximum absolute atomic E-state index is 6.53. The Morgan fingerprint density at radius 1 is 1.24 bits per heavy atom. The monoisotopic (exact) mass is 304 g/mol. The highest BCUT2D eigenvalue weighted by molar-refractivity contribution is 6.74. The van der Waals surface area contributed by atoms with Gasteiger partial charge in [-0.15, -0.1) is 0 Å². The first kappa shape index (κ1) is 18.0. The fourth-order valence-electron chi connectivity index (χ4n) is 2.03. The molecule has 1 rings (SSSR count). The number of rotatable bonds is 5. The van der Waals surface area contributed by atoms with Gasteiger partial charge in [-0.05, 0) is 50.5 Å². The van der Waals surface area contributed by atoms with Crippen LogP contribution in [-0.2, 0) is 0 Å². The van der Waals surface area contributed by atoms with Gasteiger partial charge in [0.05, 0.1) is 0 Å². The van der Waals surface area contributed by atoms with Gasteiger partial charge in [-0.3, -0.25) is 0 Å². The molecule has 2 heteroatoms. The summed E-state index contributed by atoms with van der Waals surface area (Å²) in [6.45, 7) is 18.0. The van der Waals surface area contributed by atoms with Crippen molar-refractivity contribution in [2.24, 2.45) is 0 Å². The molecule has 0 saturated heterocycles. The third kappa shape index (κ3) is 5.03. The van der Waals surface area contributed by atoms with Gasteiger partial charge in [-0.2, -0.15) is 0 Å². The van der Waals surface area contributed by atoms with E-state index in [4.69, 9.17) is 4.43 Å². The summed E-state index contributed by atoms with van der Waals surface area (Å²) in [5.74, 6) is 1.04. The summed E-state index contributed by atoms with van der Waals surface area (Å²) < 4.78 is 6.53. The van der Waals surface area contributed by atoms with Crippen molar-refractivity contribution in [2.45, 2.75) is 72.5 Å². The molecule has 0 bridgehead atoms. The van der Waals surface area contributed by atoms with Crippen molar-refractivity contribution in [3.8, 4) is 5.75 Å². The molecule has 21 heavy (non-hydrogen) atoms. The van der Waals surface area contributed by atoms with Gasteiger partial charge in [0.15, 0.2) is 0 Å². The maximum atomic E-state index is 6.53. The van der Waals surface area contributed by atoms with Crippen LogP contribution in [0.2, 0.25) is 18.1 Å². The van der Waals surface area contributed by atoms with E-state index in [0.29, 0.717) is 0 Å². The van der Waals surface area contributed by atoms with Crippen LogP contribution >= 0.6 is 0 Å². The Labute approximate surface area is 132 Å². The van der Waals surface area contributed by atoms with E-state index in [1.807, 2.05) is 0 Å². The second kappa shape index (κ2) is 6.82. The molecule has 0 aliphatic rings. The van der Waals surface area contributed by atoms with E-state index in [9.17, 15) is 0 Å². The number of aryl methyl sites for hydroxylation is 1. The molecule has 0 amide bonds. The number of hydrogen-bond donors (Lipinski definition) is 0. The molecule has 118 valence electrons. The topological polar surface area (TPSA) is 9.23 Å². The summed E-state index contributed by atoms with van der Waals surface area (Å²) in [7, 11) is -1.79. The third-order valence-corrected chi connectivity index (χ3v) is 8.73. The lowest BCUT2D eigenvalue weighted by atomic mass is 10.1. The highest BCUT2D eigenvalue weighted by atomic mass is 28.4. The average molecular weight is 305 g/mol. The minimum absolute atomic E-state index is 0.220. The zero-order chi connectivity index (χ0) is 16.3. The maximum Gasteiger partial charge on any atom is 0.250 e. The molecule has 0 aliphatic carbocycles. The Bertz CT molecular complexity index is 507. The van der Waals surface area contributed by atoms with Crippen molar-refractivity contribution in [3.05, 3.63) is 34.9 Å². The first-order valence-electron chi connectivity index (χ1n) is 8.03.